The van der Waals surface area contributed by atoms with Crippen LogP contribution < -0.4 is 68.9 Å². The summed E-state index contributed by atoms with van der Waals surface area (Å²) in [5.41, 5.74) is -2.28. The predicted octanol–water partition coefficient (Wildman–Crippen LogP) is -9.42. The van der Waals surface area contributed by atoms with Gasteiger partial charge in [-0.05, 0) is 6.92 Å². The van der Waals surface area contributed by atoms with E-state index in [1.165, 1.54) is 0 Å². The number of rotatable bonds is 5. The zero-order valence-electron chi connectivity index (χ0n) is 9.36. The van der Waals surface area contributed by atoms with Gasteiger partial charge in [-0.1, -0.05) is 7.60 Å². The van der Waals surface area contributed by atoms with E-state index in [-0.39, 0.29) is 65.4 Å². The predicted molar refractivity (Wildman–Crippen MR) is 41.2 cm³/mol. The van der Waals surface area contributed by atoms with Gasteiger partial charge in [-0.3, -0.25) is 0 Å². The van der Waals surface area contributed by atoms with Gasteiger partial charge in [0.1, 0.15) is 11.7 Å². The molecule has 3 N–H and O–H groups in total. The second kappa shape index (κ2) is 8.74. The smallest absolute Gasteiger partial charge is 0.811 e. The molecule has 0 aliphatic carbocycles. The average molecular weight is 272 g/mol. The van der Waals surface area contributed by atoms with Crippen LogP contribution in [0.25, 0.3) is 0 Å². The number of carbonyl (C=O) groups is 1. The van der Waals surface area contributed by atoms with Gasteiger partial charge >= 0.3 is 59.1 Å². The number of carbonyl (C=O) groups excluding carboxylic acids is 1. The molecule has 0 bridgehead atoms. The molecule has 0 heterocycles. The molecule has 0 rings (SSSR count). The van der Waals surface area contributed by atoms with Gasteiger partial charge < -0.3 is 34.5 Å². The van der Waals surface area contributed by atoms with Crippen LogP contribution in [0.1, 0.15) is 6.92 Å². The van der Waals surface area contributed by atoms with E-state index in [9.17, 15) is 19.1 Å². The van der Waals surface area contributed by atoms with Crippen molar-refractivity contribution in [3.05, 3.63) is 0 Å². The van der Waals surface area contributed by atoms with Crippen molar-refractivity contribution in [1.82, 2.24) is 0 Å². The van der Waals surface area contributed by atoms with Crippen LogP contribution in [0.5, 0.6) is 0 Å². The summed E-state index contributed by atoms with van der Waals surface area (Å²) in [5, 5.41) is 27.1. The van der Waals surface area contributed by atoms with Crippen LogP contribution in [-0.2, 0) is 9.36 Å². The molecule has 0 aromatic carbocycles. The van der Waals surface area contributed by atoms with Crippen molar-refractivity contribution in [3.63, 3.8) is 0 Å². The summed E-state index contributed by atoms with van der Waals surface area (Å²) in [4.78, 5) is 30.6. The summed E-state index contributed by atoms with van der Waals surface area (Å²) in [6.07, 6.45) is -5.30. The fourth-order valence-electron chi connectivity index (χ4n) is 0.788. The van der Waals surface area contributed by atoms with Crippen molar-refractivity contribution in [1.29, 1.82) is 0 Å². The Morgan fingerprint density at radius 2 is 1.75 bits per heavy atom. The Morgan fingerprint density at radius 1 is 1.38 bits per heavy atom. The van der Waals surface area contributed by atoms with Crippen molar-refractivity contribution in [2.45, 2.75) is 24.7 Å². The Kier molecular flexibility index (Phi) is 12.5. The largest absolute Gasteiger partial charge is 1.00 e. The van der Waals surface area contributed by atoms with Crippen molar-refractivity contribution < 1.29 is 93.6 Å². The topological polar surface area (TPSA) is 141 Å². The second-order valence-electron chi connectivity index (χ2n) is 3.15. The van der Waals surface area contributed by atoms with Crippen LogP contribution in [0.3, 0.4) is 0 Å². The summed E-state index contributed by atoms with van der Waals surface area (Å²) in [6.45, 7) is 0.883. The zero-order valence-corrected chi connectivity index (χ0v) is 14.3. The quantitative estimate of drug-likeness (QED) is 0.256. The van der Waals surface area contributed by atoms with Crippen LogP contribution in [0.4, 0.5) is 0 Å². The zero-order chi connectivity index (χ0) is 11.6. The summed E-state index contributed by atoms with van der Waals surface area (Å²) in [5.74, 6) is 0. The molecule has 0 aliphatic heterocycles. The van der Waals surface area contributed by atoms with Gasteiger partial charge in [0.25, 0.3) is 0 Å². The molecule has 0 saturated heterocycles. The third-order valence-corrected chi connectivity index (χ3v) is 2.43. The molecule has 0 aliphatic rings. The number of aliphatic hydroxyl groups excluding tert-OH is 2. The van der Waals surface area contributed by atoms with E-state index >= 15 is 0 Å². The molecular weight excluding hydrogens is 261 g/mol. The molecule has 0 spiro atoms. The standard InChI is InChI=1S/C6H13O7P.2Na/c1-6(10,3-7)5(9)4(8)2-14(11,12)13;;/h3-5,8-10H,2H2,1H3,(H2,11,12,13);;/q;2*+1/p-2. The Hall–Kier alpha value is 1.70. The first-order valence-electron chi connectivity index (χ1n) is 3.66. The maximum Gasteiger partial charge on any atom is 1.00 e. The molecule has 0 aromatic rings. The first-order valence-corrected chi connectivity index (χ1v) is 5.39. The Bertz CT molecular complexity index is 253. The van der Waals surface area contributed by atoms with Crippen molar-refractivity contribution in [3.8, 4) is 0 Å². The van der Waals surface area contributed by atoms with Crippen LogP contribution in [0, 0.1) is 0 Å². The van der Waals surface area contributed by atoms with Gasteiger partial charge in [0.05, 0.1) is 6.10 Å². The number of aliphatic hydroxyl groups is 3. The fourth-order valence-corrected chi connectivity index (χ4v) is 1.45. The van der Waals surface area contributed by atoms with Gasteiger partial charge in [0.2, 0.25) is 0 Å². The molecule has 0 saturated carbocycles. The first-order chi connectivity index (χ1) is 6.10. The Balaban J connectivity index is -0.000000845. The molecule has 7 nitrogen and oxygen atoms in total. The van der Waals surface area contributed by atoms with E-state index in [0.29, 0.717) is 0 Å². The van der Waals surface area contributed by atoms with Crippen LogP contribution in [0.2, 0.25) is 0 Å². The van der Waals surface area contributed by atoms with E-state index in [1.807, 2.05) is 0 Å². The van der Waals surface area contributed by atoms with E-state index in [2.05, 4.69) is 0 Å². The van der Waals surface area contributed by atoms with E-state index in [4.69, 9.17) is 15.3 Å². The first kappa shape index (κ1) is 22.8. The van der Waals surface area contributed by atoms with Gasteiger partial charge in [0.15, 0.2) is 6.29 Å². The maximum atomic E-state index is 10.2. The molecule has 0 amide bonds. The van der Waals surface area contributed by atoms with Crippen molar-refractivity contribution in [2.24, 2.45) is 0 Å². The number of hydrogen-bond acceptors (Lipinski definition) is 7. The summed E-state index contributed by atoms with van der Waals surface area (Å²) in [7, 11) is -4.99. The fraction of sp³-hybridized carbons (Fsp3) is 0.833. The van der Waals surface area contributed by atoms with Gasteiger partial charge in [-0.25, -0.2) is 0 Å². The summed E-state index contributed by atoms with van der Waals surface area (Å²) >= 11 is 0. The van der Waals surface area contributed by atoms with E-state index in [1.54, 1.807) is 0 Å². The summed E-state index contributed by atoms with van der Waals surface area (Å²) in [6, 6.07) is 0. The monoisotopic (exact) mass is 272 g/mol. The minimum absolute atomic E-state index is 0. The molecule has 3 atom stereocenters. The minimum atomic E-state index is -4.99. The molecule has 0 aromatic heterocycles. The Morgan fingerprint density at radius 3 is 2.00 bits per heavy atom. The van der Waals surface area contributed by atoms with E-state index in [0.717, 1.165) is 6.92 Å². The molecule has 10 heteroatoms. The molecule has 84 valence electrons. The number of hydrogen-bond donors (Lipinski definition) is 3. The van der Waals surface area contributed by atoms with Crippen LogP contribution >= 0.6 is 7.60 Å². The second-order valence-corrected chi connectivity index (χ2v) is 4.74. The van der Waals surface area contributed by atoms with Gasteiger partial charge in [-0.2, -0.15) is 0 Å². The molecular formula is C6H11Na2O7P. The minimum Gasteiger partial charge on any atom is -0.811 e. The normalized spacial score (nSPS) is 18.4. The third-order valence-electron chi connectivity index (χ3n) is 1.61. The third kappa shape index (κ3) is 8.74. The van der Waals surface area contributed by atoms with Crippen LogP contribution in [0.15, 0.2) is 0 Å². The molecule has 0 radical (unpaired) electrons. The maximum absolute atomic E-state index is 10.2. The van der Waals surface area contributed by atoms with Crippen molar-refractivity contribution in [2.75, 3.05) is 6.16 Å². The molecule has 16 heavy (non-hydrogen) atoms. The molecule has 3 unspecified atom stereocenters. The molecule has 0 fully saturated rings. The van der Waals surface area contributed by atoms with Gasteiger partial charge in [0, 0.05) is 6.16 Å². The number of aldehydes is 1. The van der Waals surface area contributed by atoms with Gasteiger partial charge in [-0.15, -0.1) is 0 Å². The average Bonchev–Trinajstić information content (AvgIpc) is 2.00. The van der Waals surface area contributed by atoms with Crippen molar-refractivity contribution >= 4 is 13.9 Å². The Labute approximate surface area is 137 Å². The van der Waals surface area contributed by atoms with Crippen LogP contribution in [-0.4, -0.2) is 45.6 Å². The van der Waals surface area contributed by atoms with E-state index < -0.39 is 31.6 Å². The summed E-state index contributed by atoms with van der Waals surface area (Å²) < 4.78 is 10.2. The SMILES string of the molecule is CC(O)(C=O)C(O)C(O)CP(=O)([O-])[O-].[Na+].[Na+].